The molecule has 5 unspecified atom stereocenters. The summed E-state index contributed by atoms with van der Waals surface area (Å²) in [6.45, 7) is 1.54. The normalized spacial score (nSPS) is 24.6. The van der Waals surface area contributed by atoms with Crippen LogP contribution in [0.4, 0.5) is 0 Å². The van der Waals surface area contributed by atoms with Crippen LogP contribution in [0, 0.1) is 0 Å². The number of carbonyl (C=O) groups excluding carboxylic acids is 1. The molecule has 3 aromatic rings. The average Bonchev–Trinajstić information content (AvgIpc) is 2.79. The Labute approximate surface area is 192 Å². The van der Waals surface area contributed by atoms with Crippen molar-refractivity contribution in [1.82, 2.24) is 0 Å². The van der Waals surface area contributed by atoms with Gasteiger partial charge >= 0.3 is 5.97 Å². The third-order valence-corrected chi connectivity index (χ3v) is 5.29. The van der Waals surface area contributed by atoms with Crippen molar-refractivity contribution in [3.05, 3.63) is 52.7 Å². The molecule has 0 amide bonds. The molecule has 0 saturated carbocycles. The number of esters is 1. The molecule has 1 saturated heterocycles. The first kappa shape index (κ1) is 23.5. The molecule has 5 atom stereocenters. The molecule has 1 aliphatic rings. The van der Waals surface area contributed by atoms with Gasteiger partial charge in [0.1, 0.15) is 52.3 Å². The zero-order valence-electron chi connectivity index (χ0n) is 17.8. The molecular formula is C23H22O11. The van der Waals surface area contributed by atoms with Gasteiger partial charge in [-0.25, -0.2) is 4.79 Å². The summed E-state index contributed by atoms with van der Waals surface area (Å²) in [7, 11) is 0. The molecule has 1 aliphatic heterocycles. The van der Waals surface area contributed by atoms with Crippen LogP contribution in [0.1, 0.15) is 6.92 Å². The zero-order valence-corrected chi connectivity index (χ0v) is 17.8. The van der Waals surface area contributed by atoms with Gasteiger partial charge in [0.25, 0.3) is 0 Å². The Morgan fingerprint density at radius 1 is 1.00 bits per heavy atom. The first-order chi connectivity index (χ1) is 16.2. The molecule has 0 bridgehead atoms. The fourth-order valence-corrected chi connectivity index (χ4v) is 3.62. The van der Waals surface area contributed by atoms with Crippen molar-refractivity contribution in [3.8, 4) is 28.6 Å². The van der Waals surface area contributed by atoms with Crippen molar-refractivity contribution in [2.75, 3.05) is 6.61 Å². The quantitative estimate of drug-likeness (QED) is 0.328. The van der Waals surface area contributed by atoms with Gasteiger partial charge in [-0.2, -0.15) is 0 Å². The van der Waals surface area contributed by atoms with Gasteiger partial charge in [0.05, 0.1) is 12.2 Å². The number of aliphatic hydroxyl groups is 3. The minimum Gasteiger partial charge on any atom is -0.507 e. The second-order valence-corrected chi connectivity index (χ2v) is 7.57. The van der Waals surface area contributed by atoms with E-state index in [9.17, 15) is 35.1 Å². The van der Waals surface area contributed by atoms with E-state index >= 15 is 0 Å². The lowest BCUT2D eigenvalue weighted by atomic mass is 9.99. The smallest absolute Gasteiger partial charge is 0.338 e. The monoisotopic (exact) mass is 474 g/mol. The number of phenols is 2. The number of rotatable bonds is 5. The summed E-state index contributed by atoms with van der Waals surface area (Å²) in [6.07, 6.45) is -8.61. The van der Waals surface area contributed by atoms with Gasteiger partial charge in [-0.1, -0.05) is 12.1 Å². The highest BCUT2D eigenvalue weighted by Gasteiger charge is 2.48. The van der Waals surface area contributed by atoms with E-state index in [4.69, 9.17) is 18.6 Å². The molecule has 11 heteroatoms. The summed E-state index contributed by atoms with van der Waals surface area (Å²) in [6, 6.07) is 9.59. The molecule has 180 valence electrons. The van der Waals surface area contributed by atoms with Gasteiger partial charge in [-0.15, -0.1) is 0 Å². The molecule has 0 radical (unpaired) electrons. The number of carbonyl (C=O) groups is 1. The first-order valence-electron chi connectivity index (χ1n) is 10.3. The van der Waals surface area contributed by atoms with Crippen molar-refractivity contribution >= 4 is 16.9 Å². The summed E-state index contributed by atoms with van der Waals surface area (Å²) >= 11 is 0. The standard InChI is InChI=1S/C23H22O11/c1-2-31-22(30)21-19(28)18(27)20(29)23(34-21)32-10-7-13(25)17-14(26)9-15(33-16(17)8-10)11-5-3-4-6-12(11)24/h3-9,18-21,23-25,27-29H,2H2,1H3. The Morgan fingerprint density at radius 3 is 2.44 bits per heavy atom. The summed E-state index contributed by atoms with van der Waals surface area (Å²) < 4.78 is 21.4. The lowest BCUT2D eigenvalue weighted by Crippen LogP contribution is -2.61. The van der Waals surface area contributed by atoms with E-state index in [0.29, 0.717) is 0 Å². The molecule has 0 spiro atoms. The van der Waals surface area contributed by atoms with Crippen LogP contribution in [0.15, 0.2) is 51.7 Å². The first-order valence-corrected chi connectivity index (χ1v) is 10.3. The molecule has 1 aromatic heterocycles. The molecular weight excluding hydrogens is 452 g/mol. The average molecular weight is 474 g/mol. The van der Waals surface area contributed by atoms with Crippen LogP contribution in [0.2, 0.25) is 0 Å². The largest absolute Gasteiger partial charge is 0.507 e. The van der Waals surface area contributed by atoms with E-state index < -0.39 is 47.9 Å². The van der Waals surface area contributed by atoms with Gasteiger partial charge in [-0.3, -0.25) is 4.79 Å². The fourth-order valence-electron chi connectivity index (χ4n) is 3.62. The molecule has 2 aromatic carbocycles. The predicted molar refractivity (Wildman–Crippen MR) is 115 cm³/mol. The minimum atomic E-state index is -1.80. The lowest BCUT2D eigenvalue weighted by molar-refractivity contribution is -0.272. The topological polar surface area (TPSA) is 176 Å². The molecule has 1 fully saturated rings. The van der Waals surface area contributed by atoms with Gasteiger partial charge < -0.3 is 44.2 Å². The summed E-state index contributed by atoms with van der Waals surface area (Å²) in [5.74, 6) is -1.70. The third kappa shape index (κ3) is 4.29. The number of aromatic hydroxyl groups is 2. The fraction of sp³-hybridized carbons (Fsp3) is 0.304. The van der Waals surface area contributed by atoms with Crippen LogP contribution in [0.25, 0.3) is 22.3 Å². The summed E-state index contributed by atoms with van der Waals surface area (Å²) in [5.41, 5.74) is -0.445. The van der Waals surface area contributed by atoms with E-state index in [0.717, 1.165) is 12.1 Å². The number of benzene rings is 2. The second-order valence-electron chi connectivity index (χ2n) is 7.57. The van der Waals surface area contributed by atoms with Crippen molar-refractivity contribution < 1.29 is 49.0 Å². The van der Waals surface area contributed by atoms with Crippen molar-refractivity contribution in [2.24, 2.45) is 0 Å². The maximum Gasteiger partial charge on any atom is 0.338 e. The number of hydrogen-bond acceptors (Lipinski definition) is 11. The van der Waals surface area contributed by atoms with Crippen LogP contribution in [-0.4, -0.2) is 68.8 Å². The van der Waals surface area contributed by atoms with Gasteiger partial charge in [-0.05, 0) is 19.1 Å². The van der Waals surface area contributed by atoms with Crippen molar-refractivity contribution in [3.63, 3.8) is 0 Å². The SMILES string of the molecule is CCOC(=O)C1OC(Oc2cc(O)c3c(=O)cc(-c4ccccc4O)oc3c2)C(O)C(O)C1O. The van der Waals surface area contributed by atoms with Crippen molar-refractivity contribution in [1.29, 1.82) is 0 Å². The number of phenolic OH excluding ortho intramolecular Hbond substituents is 2. The van der Waals surface area contributed by atoms with Crippen LogP contribution >= 0.6 is 0 Å². The maximum atomic E-state index is 12.6. The van der Waals surface area contributed by atoms with E-state index in [-0.39, 0.29) is 40.4 Å². The number of ether oxygens (including phenoxy) is 3. The van der Waals surface area contributed by atoms with Gasteiger partial charge in [0, 0.05) is 18.2 Å². The Morgan fingerprint density at radius 2 is 1.74 bits per heavy atom. The number of hydrogen-bond donors (Lipinski definition) is 5. The van der Waals surface area contributed by atoms with E-state index in [1.54, 1.807) is 19.1 Å². The molecule has 4 rings (SSSR count). The molecule has 2 heterocycles. The van der Waals surface area contributed by atoms with Crippen LogP contribution in [-0.2, 0) is 14.3 Å². The third-order valence-electron chi connectivity index (χ3n) is 5.29. The second kappa shape index (κ2) is 9.31. The highest BCUT2D eigenvalue weighted by Crippen LogP contribution is 2.35. The Kier molecular flexibility index (Phi) is 6.44. The minimum absolute atomic E-state index is 0.00747. The molecule has 34 heavy (non-hydrogen) atoms. The van der Waals surface area contributed by atoms with Crippen molar-refractivity contribution in [2.45, 2.75) is 37.6 Å². The number of para-hydroxylation sites is 1. The summed E-state index contributed by atoms with van der Waals surface area (Å²) in [4.78, 5) is 24.7. The maximum absolute atomic E-state index is 12.6. The Balaban J connectivity index is 1.70. The highest BCUT2D eigenvalue weighted by molar-refractivity contribution is 5.86. The van der Waals surface area contributed by atoms with E-state index in [1.165, 1.54) is 18.2 Å². The van der Waals surface area contributed by atoms with Crippen LogP contribution in [0.3, 0.4) is 0 Å². The molecule has 0 aliphatic carbocycles. The number of aliphatic hydroxyl groups excluding tert-OH is 3. The van der Waals surface area contributed by atoms with Crippen LogP contribution in [0.5, 0.6) is 17.2 Å². The van der Waals surface area contributed by atoms with E-state index in [1.807, 2.05) is 0 Å². The molecule has 11 nitrogen and oxygen atoms in total. The Bertz CT molecular complexity index is 1270. The zero-order chi connectivity index (χ0) is 24.6. The summed E-state index contributed by atoms with van der Waals surface area (Å²) in [5, 5.41) is 50.8. The Hall–Kier alpha value is -3.64. The van der Waals surface area contributed by atoms with Crippen LogP contribution < -0.4 is 10.2 Å². The van der Waals surface area contributed by atoms with E-state index in [2.05, 4.69) is 0 Å². The lowest BCUT2D eigenvalue weighted by Gasteiger charge is -2.38. The predicted octanol–water partition coefficient (Wildman–Crippen LogP) is 0.621. The van der Waals surface area contributed by atoms with Gasteiger partial charge in [0.15, 0.2) is 11.5 Å². The van der Waals surface area contributed by atoms with Gasteiger partial charge in [0.2, 0.25) is 6.29 Å². The highest BCUT2D eigenvalue weighted by atomic mass is 16.7. The molecule has 5 N–H and O–H groups in total. The number of fused-ring (bicyclic) bond motifs is 1.